The summed E-state index contributed by atoms with van der Waals surface area (Å²) in [6, 6.07) is -0.440. The van der Waals surface area contributed by atoms with Gasteiger partial charge in [0.05, 0.1) is 12.6 Å². The second-order valence-electron chi connectivity index (χ2n) is 1.88. The lowest BCUT2D eigenvalue weighted by molar-refractivity contribution is -0.119. The molecule has 0 aromatic heterocycles. The highest BCUT2D eigenvalue weighted by Crippen LogP contribution is 1.82. The van der Waals surface area contributed by atoms with Gasteiger partial charge in [0.1, 0.15) is 5.78 Å². The molecule has 9 heavy (non-hydrogen) atoms. The standard InChI is InChI=1S/C6H13NO2/c1-3-9-4-6(7)5(2)8/h6H,3-4,7H2,1-2H3. The van der Waals surface area contributed by atoms with Crippen molar-refractivity contribution in [1.82, 2.24) is 0 Å². The summed E-state index contributed by atoms with van der Waals surface area (Å²) in [6.45, 7) is 4.28. The molecule has 2 N–H and O–H groups in total. The number of hydrogen-bond donors (Lipinski definition) is 1. The third kappa shape index (κ3) is 4.12. The van der Waals surface area contributed by atoms with Gasteiger partial charge in [-0.15, -0.1) is 0 Å². The maximum atomic E-state index is 10.4. The number of carbonyl (C=O) groups is 1. The summed E-state index contributed by atoms with van der Waals surface area (Å²) in [4.78, 5) is 10.4. The third-order valence-electron chi connectivity index (χ3n) is 1.02. The minimum Gasteiger partial charge on any atom is -0.380 e. The predicted octanol–water partition coefficient (Wildman–Crippen LogP) is -0.0608. The molecule has 54 valence electrons. The van der Waals surface area contributed by atoms with E-state index in [9.17, 15) is 4.79 Å². The first-order chi connectivity index (χ1) is 4.18. The van der Waals surface area contributed by atoms with Crippen molar-refractivity contribution < 1.29 is 9.53 Å². The molecule has 0 spiro atoms. The van der Waals surface area contributed by atoms with Crippen LogP contribution in [-0.2, 0) is 9.53 Å². The second kappa shape index (κ2) is 4.47. The number of ketones is 1. The molecule has 3 heteroatoms. The molecule has 0 fully saturated rings. The van der Waals surface area contributed by atoms with Gasteiger partial charge in [0.15, 0.2) is 0 Å². The van der Waals surface area contributed by atoms with Gasteiger partial charge in [0.25, 0.3) is 0 Å². The fraction of sp³-hybridized carbons (Fsp3) is 0.833. The molecule has 0 saturated heterocycles. The van der Waals surface area contributed by atoms with E-state index in [0.29, 0.717) is 13.2 Å². The Morgan fingerprint density at radius 3 is 2.67 bits per heavy atom. The molecular weight excluding hydrogens is 118 g/mol. The second-order valence-corrected chi connectivity index (χ2v) is 1.88. The van der Waals surface area contributed by atoms with Crippen LogP contribution in [0.25, 0.3) is 0 Å². The number of Topliss-reactive ketones (excluding diaryl/α,β-unsaturated/α-hetero) is 1. The smallest absolute Gasteiger partial charge is 0.148 e. The molecule has 0 aliphatic carbocycles. The molecule has 0 saturated carbocycles. The van der Waals surface area contributed by atoms with Crippen LogP contribution in [0, 0.1) is 0 Å². The topological polar surface area (TPSA) is 52.3 Å². The van der Waals surface area contributed by atoms with E-state index in [-0.39, 0.29) is 5.78 Å². The van der Waals surface area contributed by atoms with Crippen LogP contribution in [0.15, 0.2) is 0 Å². The average Bonchev–Trinajstić information content (AvgIpc) is 1.82. The first-order valence-corrected chi connectivity index (χ1v) is 3.02. The summed E-state index contributed by atoms with van der Waals surface area (Å²) in [5.41, 5.74) is 5.33. The zero-order valence-electron chi connectivity index (χ0n) is 5.89. The molecular formula is C6H13NO2. The molecule has 0 aromatic carbocycles. The van der Waals surface area contributed by atoms with E-state index < -0.39 is 6.04 Å². The van der Waals surface area contributed by atoms with Crippen molar-refractivity contribution in [2.75, 3.05) is 13.2 Å². The Balaban J connectivity index is 3.27. The largest absolute Gasteiger partial charge is 0.380 e. The number of ether oxygens (including phenoxy) is 1. The lowest BCUT2D eigenvalue weighted by atomic mass is 10.2. The van der Waals surface area contributed by atoms with Crippen LogP contribution in [0.5, 0.6) is 0 Å². The Bertz CT molecular complexity index is 93.1. The highest BCUT2D eigenvalue weighted by molar-refractivity contribution is 5.81. The van der Waals surface area contributed by atoms with E-state index in [1.165, 1.54) is 6.92 Å². The maximum absolute atomic E-state index is 10.4. The van der Waals surface area contributed by atoms with E-state index in [4.69, 9.17) is 10.5 Å². The van der Waals surface area contributed by atoms with Gasteiger partial charge in [0.2, 0.25) is 0 Å². The summed E-state index contributed by atoms with van der Waals surface area (Å²) in [6.07, 6.45) is 0. The molecule has 0 radical (unpaired) electrons. The summed E-state index contributed by atoms with van der Waals surface area (Å²) in [7, 11) is 0. The Labute approximate surface area is 55.2 Å². The fourth-order valence-corrected chi connectivity index (χ4v) is 0.362. The first kappa shape index (κ1) is 8.59. The van der Waals surface area contributed by atoms with Crippen molar-refractivity contribution in [3.05, 3.63) is 0 Å². The van der Waals surface area contributed by atoms with Crippen molar-refractivity contribution in [2.24, 2.45) is 5.73 Å². The van der Waals surface area contributed by atoms with E-state index in [1.54, 1.807) is 0 Å². The number of carbonyl (C=O) groups excluding carboxylic acids is 1. The Morgan fingerprint density at radius 2 is 2.33 bits per heavy atom. The molecule has 1 atom stereocenters. The number of nitrogens with two attached hydrogens (primary N) is 1. The van der Waals surface area contributed by atoms with Gasteiger partial charge >= 0.3 is 0 Å². The van der Waals surface area contributed by atoms with Crippen LogP contribution in [-0.4, -0.2) is 25.0 Å². The van der Waals surface area contributed by atoms with Crippen LogP contribution in [0.4, 0.5) is 0 Å². The van der Waals surface area contributed by atoms with Gasteiger partial charge < -0.3 is 10.5 Å². The van der Waals surface area contributed by atoms with Gasteiger partial charge in [-0.3, -0.25) is 4.79 Å². The van der Waals surface area contributed by atoms with Crippen LogP contribution < -0.4 is 5.73 Å². The van der Waals surface area contributed by atoms with Gasteiger partial charge in [-0.25, -0.2) is 0 Å². The minimum absolute atomic E-state index is 0.0246. The molecule has 0 heterocycles. The van der Waals surface area contributed by atoms with Crippen molar-refractivity contribution >= 4 is 5.78 Å². The van der Waals surface area contributed by atoms with Gasteiger partial charge in [0, 0.05) is 6.61 Å². The normalized spacial score (nSPS) is 13.2. The Kier molecular flexibility index (Phi) is 4.26. The quantitative estimate of drug-likeness (QED) is 0.581. The lowest BCUT2D eigenvalue weighted by Crippen LogP contribution is -2.33. The van der Waals surface area contributed by atoms with Crippen LogP contribution in [0.3, 0.4) is 0 Å². The molecule has 1 unspecified atom stereocenters. The van der Waals surface area contributed by atoms with Crippen molar-refractivity contribution in [3.63, 3.8) is 0 Å². The van der Waals surface area contributed by atoms with E-state index in [1.807, 2.05) is 6.92 Å². The highest BCUT2D eigenvalue weighted by atomic mass is 16.5. The fourth-order valence-electron chi connectivity index (χ4n) is 0.362. The Morgan fingerprint density at radius 1 is 1.78 bits per heavy atom. The molecule has 0 aliphatic heterocycles. The third-order valence-corrected chi connectivity index (χ3v) is 1.02. The predicted molar refractivity (Wildman–Crippen MR) is 35.1 cm³/mol. The minimum atomic E-state index is -0.440. The average molecular weight is 131 g/mol. The van der Waals surface area contributed by atoms with Gasteiger partial charge in [-0.2, -0.15) is 0 Å². The molecule has 0 aliphatic rings. The zero-order valence-corrected chi connectivity index (χ0v) is 5.89. The molecule has 0 rings (SSSR count). The van der Waals surface area contributed by atoms with E-state index >= 15 is 0 Å². The van der Waals surface area contributed by atoms with Crippen LogP contribution in [0.1, 0.15) is 13.8 Å². The highest BCUT2D eigenvalue weighted by Gasteiger charge is 2.05. The van der Waals surface area contributed by atoms with Crippen molar-refractivity contribution in [3.8, 4) is 0 Å². The maximum Gasteiger partial charge on any atom is 0.148 e. The Hall–Kier alpha value is -0.410. The monoisotopic (exact) mass is 131 g/mol. The SMILES string of the molecule is CCOCC(N)C(C)=O. The van der Waals surface area contributed by atoms with Gasteiger partial charge in [-0.1, -0.05) is 0 Å². The summed E-state index contributed by atoms with van der Waals surface area (Å²) in [5.74, 6) is -0.0246. The molecule has 0 bridgehead atoms. The first-order valence-electron chi connectivity index (χ1n) is 3.02. The van der Waals surface area contributed by atoms with Crippen LogP contribution in [0.2, 0.25) is 0 Å². The van der Waals surface area contributed by atoms with E-state index in [0.717, 1.165) is 0 Å². The summed E-state index contributed by atoms with van der Waals surface area (Å²) < 4.78 is 4.91. The van der Waals surface area contributed by atoms with Crippen LogP contribution >= 0.6 is 0 Å². The van der Waals surface area contributed by atoms with Crippen molar-refractivity contribution in [2.45, 2.75) is 19.9 Å². The molecule has 0 amide bonds. The summed E-state index contributed by atoms with van der Waals surface area (Å²) >= 11 is 0. The van der Waals surface area contributed by atoms with E-state index in [2.05, 4.69) is 0 Å². The summed E-state index contributed by atoms with van der Waals surface area (Å²) in [5, 5.41) is 0. The molecule has 3 nitrogen and oxygen atoms in total. The molecule has 0 aromatic rings. The number of rotatable bonds is 4. The van der Waals surface area contributed by atoms with Gasteiger partial charge in [-0.05, 0) is 13.8 Å². The zero-order chi connectivity index (χ0) is 7.28. The number of hydrogen-bond acceptors (Lipinski definition) is 3. The lowest BCUT2D eigenvalue weighted by Gasteiger charge is -2.05. The van der Waals surface area contributed by atoms with Crippen molar-refractivity contribution in [1.29, 1.82) is 0 Å².